The summed E-state index contributed by atoms with van der Waals surface area (Å²) >= 11 is 0. The third-order valence-corrected chi connectivity index (χ3v) is 4.27. The normalized spacial score (nSPS) is 12.8. The Morgan fingerprint density at radius 1 is 1.24 bits per heavy atom. The number of hydrogen-bond acceptors (Lipinski definition) is 4. The van der Waals surface area contributed by atoms with Crippen molar-refractivity contribution in [3.05, 3.63) is 53.7 Å². The largest absolute Gasteiger partial charge is 0.480 e. The number of aromatic nitrogens is 1. The third kappa shape index (κ3) is 3.47. The van der Waals surface area contributed by atoms with Gasteiger partial charge in [0.25, 0.3) is 5.91 Å². The average molecular weight is 339 g/mol. The second-order valence-electron chi connectivity index (χ2n) is 6.03. The summed E-state index contributed by atoms with van der Waals surface area (Å²) in [4.78, 5) is 32.0. The standard InChI is InChI=1S/C19H21N3O3/c1-2-11-21(13-17(23)24)18-15(7-5-10-20-18)19(25)22-12-9-14-6-3-4-8-16(14)22/h3-8,10H,2,9,11-13H2,1H3,(H,23,24). The number of nitrogens with zero attached hydrogens (tertiary/aromatic N) is 3. The topological polar surface area (TPSA) is 73.7 Å². The van der Waals surface area contributed by atoms with Crippen molar-refractivity contribution in [2.24, 2.45) is 0 Å². The maximum atomic E-state index is 13.1. The van der Waals surface area contributed by atoms with E-state index in [-0.39, 0.29) is 12.5 Å². The van der Waals surface area contributed by atoms with E-state index in [1.807, 2.05) is 31.2 Å². The zero-order chi connectivity index (χ0) is 17.8. The molecule has 1 N–H and O–H groups in total. The van der Waals surface area contributed by atoms with E-state index in [0.29, 0.717) is 24.5 Å². The molecule has 25 heavy (non-hydrogen) atoms. The van der Waals surface area contributed by atoms with Crippen molar-refractivity contribution in [1.82, 2.24) is 4.98 Å². The van der Waals surface area contributed by atoms with Gasteiger partial charge in [0.1, 0.15) is 12.4 Å². The molecule has 0 saturated carbocycles. The van der Waals surface area contributed by atoms with Gasteiger partial charge in [-0.05, 0) is 36.6 Å². The van der Waals surface area contributed by atoms with Crippen LogP contribution in [0.5, 0.6) is 0 Å². The fourth-order valence-corrected chi connectivity index (χ4v) is 3.20. The predicted octanol–water partition coefficient (Wildman–Crippen LogP) is 2.59. The van der Waals surface area contributed by atoms with E-state index < -0.39 is 5.97 Å². The summed E-state index contributed by atoms with van der Waals surface area (Å²) in [5, 5.41) is 9.18. The first-order valence-corrected chi connectivity index (χ1v) is 8.43. The number of hydrogen-bond donors (Lipinski definition) is 1. The van der Waals surface area contributed by atoms with Gasteiger partial charge in [0.15, 0.2) is 0 Å². The number of rotatable bonds is 6. The van der Waals surface area contributed by atoms with Crippen molar-refractivity contribution >= 4 is 23.4 Å². The molecule has 130 valence electrons. The van der Waals surface area contributed by atoms with Gasteiger partial charge >= 0.3 is 5.97 Å². The summed E-state index contributed by atoms with van der Waals surface area (Å²) in [5.41, 5.74) is 2.51. The molecule has 0 fully saturated rings. The van der Waals surface area contributed by atoms with Gasteiger partial charge in [-0.15, -0.1) is 0 Å². The lowest BCUT2D eigenvalue weighted by Crippen LogP contribution is -2.35. The van der Waals surface area contributed by atoms with Gasteiger partial charge in [-0.25, -0.2) is 4.98 Å². The zero-order valence-electron chi connectivity index (χ0n) is 14.2. The first-order valence-electron chi connectivity index (χ1n) is 8.43. The van der Waals surface area contributed by atoms with Crippen LogP contribution in [0, 0.1) is 0 Å². The molecule has 0 spiro atoms. The van der Waals surface area contributed by atoms with Crippen LogP contribution in [0.1, 0.15) is 29.3 Å². The van der Waals surface area contributed by atoms with Gasteiger partial charge in [-0.2, -0.15) is 0 Å². The third-order valence-electron chi connectivity index (χ3n) is 4.27. The van der Waals surface area contributed by atoms with Gasteiger partial charge in [0.2, 0.25) is 0 Å². The fraction of sp³-hybridized carbons (Fsp3) is 0.316. The zero-order valence-corrected chi connectivity index (χ0v) is 14.2. The van der Waals surface area contributed by atoms with Crippen molar-refractivity contribution < 1.29 is 14.7 Å². The highest BCUT2D eigenvalue weighted by Crippen LogP contribution is 2.30. The number of carbonyl (C=O) groups excluding carboxylic acids is 1. The SMILES string of the molecule is CCCN(CC(=O)O)c1ncccc1C(=O)N1CCc2ccccc21. The number of carbonyl (C=O) groups is 2. The molecule has 1 aromatic carbocycles. The first kappa shape index (κ1) is 17.0. The monoisotopic (exact) mass is 339 g/mol. The molecule has 0 bridgehead atoms. The highest BCUT2D eigenvalue weighted by atomic mass is 16.4. The minimum Gasteiger partial charge on any atom is -0.480 e. The molecule has 6 heteroatoms. The Hall–Kier alpha value is -2.89. The molecule has 1 aliphatic rings. The molecule has 6 nitrogen and oxygen atoms in total. The highest BCUT2D eigenvalue weighted by molar-refractivity contribution is 6.10. The van der Waals surface area contributed by atoms with E-state index in [1.165, 1.54) is 0 Å². The van der Waals surface area contributed by atoms with E-state index >= 15 is 0 Å². The number of aliphatic carboxylic acids is 1. The lowest BCUT2D eigenvalue weighted by atomic mass is 10.1. The number of pyridine rings is 1. The number of benzene rings is 1. The number of fused-ring (bicyclic) bond motifs is 1. The summed E-state index contributed by atoms with van der Waals surface area (Å²) in [7, 11) is 0. The van der Waals surface area contributed by atoms with E-state index in [4.69, 9.17) is 0 Å². The molecule has 0 aliphatic carbocycles. The van der Waals surface area contributed by atoms with Crippen molar-refractivity contribution in [2.45, 2.75) is 19.8 Å². The number of amides is 1. The van der Waals surface area contributed by atoms with Crippen LogP contribution in [-0.2, 0) is 11.2 Å². The summed E-state index contributed by atoms with van der Waals surface area (Å²) in [6.45, 7) is 2.94. The fourth-order valence-electron chi connectivity index (χ4n) is 3.20. The molecule has 0 radical (unpaired) electrons. The van der Waals surface area contributed by atoms with Crippen LogP contribution < -0.4 is 9.80 Å². The van der Waals surface area contributed by atoms with E-state index in [1.54, 1.807) is 28.1 Å². The Kier molecular flexibility index (Phi) is 4.97. The van der Waals surface area contributed by atoms with Gasteiger partial charge in [0.05, 0.1) is 5.56 Å². The van der Waals surface area contributed by atoms with Crippen LogP contribution in [0.15, 0.2) is 42.6 Å². The van der Waals surface area contributed by atoms with Crippen molar-refractivity contribution in [1.29, 1.82) is 0 Å². The van der Waals surface area contributed by atoms with Gasteiger partial charge in [-0.3, -0.25) is 9.59 Å². The number of carboxylic acids is 1. The number of anilines is 2. The maximum Gasteiger partial charge on any atom is 0.323 e. The Morgan fingerprint density at radius 2 is 2.04 bits per heavy atom. The Labute approximate surface area is 146 Å². The van der Waals surface area contributed by atoms with Crippen LogP contribution in [0.2, 0.25) is 0 Å². The van der Waals surface area contributed by atoms with Crippen LogP contribution >= 0.6 is 0 Å². The molecular formula is C19H21N3O3. The second-order valence-corrected chi connectivity index (χ2v) is 6.03. The molecular weight excluding hydrogens is 318 g/mol. The van der Waals surface area contributed by atoms with Crippen LogP contribution in [-0.4, -0.2) is 41.6 Å². The molecule has 3 rings (SSSR count). The lowest BCUT2D eigenvalue weighted by molar-refractivity contribution is -0.135. The molecule has 0 saturated heterocycles. The summed E-state index contributed by atoms with van der Waals surface area (Å²) in [6.07, 6.45) is 3.18. The smallest absolute Gasteiger partial charge is 0.323 e. The van der Waals surface area contributed by atoms with Crippen molar-refractivity contribution in [3.63, 3.8) is 0 Å². The van der Waals surface area contributed by atoms with Gasteiger partial charge in [-0.1, -0.05) is 25.1 Å². The molecule has 1 aliphatic heterocycles. The van der Waals surface area contributed by atoms with E-state index in [2.05, 4.69) is 4.98 Å². The molecule has 1 amide bonds. The Morgan fingerprint density at radius 3 is 2.80 bits per heavy atom. The summed E-state index contributed by atoms with van der Waals surface area (Å²) < 4.78 is 0. The van der Waals surface area contributed by atoms with E-state index in [0.717, 1.165) is 24.1 Å². The molecule has 2 heterocycles. The number of carboxylic acid groups (broad SMARTS) is 1. The lowest BCUT2D eigenvalue weighted by Gasteiger charge is -2.25. The van der Waals surface area contributed by atoms with E-state index in [9.17, 15) is 14.7 Å². The predicted molar refractivity (Wildman–Crippen MR) is 96.2 cm³/mol. The second kappa shape index (κ2) is 7.34. The van der Waals surface area contributed by atoms with Crippen molar-refractivity contribution in [2.75, 3.05) is 29.4 Å². The molecule has 0 atom stereocenters. The van der Waals surface area contributed by atoms with Crippen LogP contribution in [0.4, 0.5) is 11.5 Å². The minimum absolute atomic E-state index is 0.139. The summed E-state index contributed by atoms with van der Waals surface area (Å²) in [5.74, 6) is -0.648. The summed E-state index contributed by atoms with van der Waals surface area (Å²) in [6, 6.07) is 11.3. The molecule has 1 aromatic heterocycles. The quantitative estimate of drug-likeness (QED) is 0.876. The van der Waals surface area contributed by atoms with Crippen LogP contribution in [0.25, 0.3) is 0 Å². The van der Waals surface area contributed by atoms with Gasteiger partial charge < -0.3 is 14.9 Å². The van der Waals surface area contributed by atoms with Crippen LogP contribution in [0.3, 0.4) is 0 Å². The maximum absolute atomic E-state index is 13.1. The highest BCUT2D eigenvalue weighted by Gasteiger charge is 2.28. The average Bonchev–Trinajstić information content (AvgIpc) is 3.04. The minimum atomic E-state index is -0.941. The Bertz CT molecular complexity index is 791. The molecule has 2 aromatic rings. The van der Waals surface area contributed by atoms with Crippen molar-refractivity contribution in [3.8, 4) is 0 Å². The first-order chi connectivity index (χ1) is 12.1. The Balaban J connectivity index is 1.95. The van der Waals surface area contributed by atoms with Gasteiger partial charge in [0, 0.05) is 25.0 Å². The number of para-hydroxylation sites is 1. The molecule has 0 unspecified atom stereocenters.